The predicted molar refractivity (Wildman–Crippen MR) is 76.1 cm³/mol. The van der Waals surface area contributed by atoms with Crippen molar-refractivity contribution in [3.8, 4) is 0 Å². The average Bonchev–Trinajstić information content (AvgIpc) is 2.94. The number of likely N-dealkylation sites (tertiary alicyclic amines) is 1. The zero-order chi connectivity index (χ0) is 13.1. The number of hydrogen-bond donors (Lipinski definition) is 1. The highest BCUT2D eigenvalue weighted by Gasteiger charge is 2.34. The van der Waals surface area contributed by atoms with Crippen molar-refractivity contribution in [2.24, 2.45) is 0 Å². The van der Waals surface area contributed by atoms with Crippen LogP contribution in [0.3, 0.4) is 0 Å². The summed E-state index contributed by atoms with van der Waals surface area (Å²) in [6.45, 7) is 5.44. The molecule has 3 aliphatic rings. The molecule has 0 aromatic heterocycles. The van der Waals surface area contributed by atoms with Crippen LogP contribution in [0.5, 0.6) is 0 Å². The van der Waals surface area contributed by atoms with Crippen molar-refractivity contribution in [1.29, 1.82) is 0 Å². The van der Waals surface area contributed by atoms with E-state index in [2.05, 4.69) is 15.1 Å². The van der Waals surface area contributed by atoms with Crippen LogP contribution in [0.25, 0.3) is 0 Å². The summed E-state index contributed by atoms with van der Waals surface area (Å²) in [6, 6.07) is 1.12. The Morgan fingerprint density at radius 2 is 1.95 bits per heavy atom. The first-order valence-electron chi connectivity index (χ1n) is 8.08. The molecule has 2 saturated heterocycles. The highest BCUT2D eigenvalue weighted by molar-refractivity contribution is 5.77. The Bertz CT molecular complexity index is 305. The molecule has 1 atom stereocenters. The minimum atomic E-state index is 0.392. The lowest BCUT2D eigenvalue weighted by molar-refractivity contribution is -0.132. The quantitative estimate of drug-likeness (QED) is 0.784. The fourth-order valence-electron chi connectivity index (χ4n) is 3.39. The van der Waals surface area contributed by atoms with Crippen molar-refractivity contribution >= 4 is 5.91 Å². The second-order valence-electron chi connectivity index (χ2n) is 6.37. The molecule has 4 heteroatoms. The van der Waals surface area contributed by atoms with Crippen molar-refractivity contribution in [2.75, 3.05) is 32.7 Å². The number of hydrogen-bond acceptors (Lipinski definition) is 3. The van der Waals surface area contributed by atoms with Crippen LogP contribution in [0, 0.1) is 0 Å². The number of nitrogens with one attached hydrogen (secondary N) is 1. The van der Waals surface area contributed by atoms with Crippen molar-refractivity contribution in [1.82, 2.24) is 15.1 Å². The molecule has 1 saturated carbocycles. The van der Waals surface area contributed by atoms with Crippen LogP contribution in [0.1, 0.15) is 44.9 Å². The first kappa shape index (κ1) is 13.4. The Hall–Kier alpha value is -0.610. The Labute approximate surface area is 116 Å². The lowest BCUT2D eigenvalue weighted by Crippen LogP contribution is -2.43. The molecular weight excluding hydrogens is 238 g/mol. The first-order chi connectivity index (χ1) is 9.33. The molecule has 4 nitrogen and oxygen atoms in total. The van der Waals surface area contributed by atoms with Gasteiger partial charge in [0.1, 0.15) is 0 Å². The predicted octanol–water partition coefficient (Wildman–Crippen LogP) is 1.22. The Balaban J connectivity index is 1.46. The van der Waals surface area contributed by atoms with Gasteiger partial charge < -0.3 is 15.1 Å². The van der Waals surface area contributed by atoms with E-state index in [0.29, 0.717) is 18.0 Å². The van der Waals surface area contributed by atoms with E-state index >= 15 is 0 Å². The van der Waals surface area contributed by atoms with E-state index in [1.165, 1.54) is 51.6 Å². The van der Waals surface area contributed by atoms with E-state index in [1.807, 2.05) is 0 Å². The number of nitrogens with zero attached hydrogens (tertiary/aromatic N) is 2. The third-order valence-corrected chi connectivity index (χ3v) is 4.73. The maximum absolute atomic E-state index is 12.4. The summed E-state index contributed by atoms with van der Waals surface area (Å²) in [5, 5.41) is 3.52. The van der Waals surface area contributed by atoms with Crippen LogP contribution in [-0.2, 0) is 4.79 Å². The van der Waals surface area contributed by atoms with Crippen LogP contribution >= 0.6 is 0 Å². The van der Waals surface area contributed by atoms with Gasteiger partial charge in [-0.3, -0.25) is 4.79 Å². The van der Waals surface area contributed by atoms with E-state index in [9.17, 15) is 4.79 Å². The van der Waals surface area contributed by atoms with Gasteiger partial charge in [0, 0.05) is 31.6 Å². The topological polar surface area (TPSA) is 35.6 Å². The monoisotopic (exact) mass is 265 g/mol. The van der Waals surface area contributed by atoms with Crippen molar-refractivity contribution < 1.29 is 4.79 Å². The van der Waals surface area contributed by atoms with E-state index in [4.69, 9.17) is 0 Å². The van der Waals surface area contributed by atoms with Crippen LogP contribution in [0.15, 0.2) is 0 Å². The van der Waals surface area contributed by atoms with Gasteiger partial charge in [-0.2, -0.15) is 0 Å². The van der Waals surface area contributed by atoms with Gasteiger partial charge in [0.2, 0.25) is 5.91 Å². The summed E-state index contributed by atoms with van der Waals surface area (Å²) in [7, 11) is 0. The molecule has 1 aliphatic carbocycles. The normalized spacial score (nSPS) is 27.9. The van der Waals surface area contributed by atoms with Gasteiger partial charge in [0.15, 0.2) is 0 Å². The average molecular weight is 265 g/mol. The number of carbonyl (C=O) groups is 1. The van der Waals surface area contributed by atoms with Gasteiger partial charge in [-0.1, -0.05) is 0 Å². The van der Waals surface area contributed by atoms with Crippen LogP contribution < -0.4 is 5.32 Å². The molecule has 3 rings (SSSR count). The lowest BCUT2D eigenvalue weighted by Gasteiger charge is -2.27. The summed E-state index contributed by atoms with van der Waals surface area (Å²) in [5.74, 6) is 0.392. The molecule has 0 bridgehead atoms. The molecule has 0 spiro atoms. The van der Waals surface area contributed by atoms with Crippen LogP contribution in [0.4, 0.5) is 0 Å². The third kappa shape index (κ3) is 3.69. The Morgan fingerprint density at radius 3 is 2.58 bits per heavy atom. The fraction of sp³-hybridized carbons (Fsp3) is 0.933. The number of rotatable bonds is 6. The highest BCUT2D eigenvalue weighted by Crippen LogP contribution is 2.28. The third-order valence-electron chi connectivity index (χ3n) is 4.73. The van der Waals surface area contributed by atoms with Gasteiger partial charge in [-0.15, -0.1) is 0 Å². The zero-order valence-electron chi connectivity index (χ0n) is 11.9. The zero-order valence-corrected chi connectivity index (χ0v) is 11.9. The largest absolute Gasteiger partial charge is 0.338 e. The van der Waals surface area contributed by atoms with Crippen LogP contribution in [0.2, 0.25) is 0 Å². The van der Waals surface area contributed by atoms with Crippen molar-refractivity contribution in [3.05, 3.63) is 0 Å². The van der Waals surface area contributed by atoms with Crippen LogP contribution in [-0.4, -0.2) is 60.5 Å². The molecule has 0 aromatic rings. The van der Waals surface area contributed by atoms with E-state index in [0.717, 1.165) is 26.1 Å². The minimum absolute atomic E-state index is 0.392. The second-order valence-corrected chi connectivity index (χ2v) is 6.37. The lowest BCUT2D eigenvalue weighted by atomic mass is 10.2. The van der Waals surface area contributed by atoms with Gasteiger partial charge in [-0.05, 0) is 58.2 Å². The highest BCUT2D eigenvalue weighted by atomic mass is 16.2. The van der Waals surface area contributed by atoms with Gasteiger partial charge in [-0.25, -0.2) is 0 Å². The van der Waals surface area contributed by atoms with Crippen molar-refractivity contribution in [3.63, 3.8) is 0 Å². The molecule has 1 unspecified atom stereocenters. The molecule has 108 valence electrons. The van der Waals surface area contributed by atoms with E-state index in [-0.39, 0.29) is 0 Å². The maximum atomic E-state index is 12.4. The number of carbonyl (C=O) groups excluding carboxylic acids is 1. The molecular formula is C15H27N3O. The standard InChI is InChI=1S/C15H27N3O/c19-15(7-11-17-9-1-2-10-17)18(14-5-6-14)12-13-4-3-8-16-13/h13-14,16H,1-12H2. The molecule has 0 radical (unpaired) electrons. The minimum Gasteiger partial charge on any atom is -0.338 e. The molecule has 2 aliphatic heterocycles. The van der Waals surface area contributed by atoms with E-state index in [1.54, 1.807) is 0 Å². The molecule has 0 aromatic carbocycles. The SMILES string of the molecule is O=C(CCN1CCCC1)N(CC1CCCN1)C1CC1. The van der Waals surface area contributed by atoms with Crippen molar-refractivity contribution in [2.45, 2.75) is 57.0 Å². The van der Waals surface area contributed by atoms with Gasteiger partial charge >= 0.3 is 0 Å². The summed E-state index contributed by atoms with van der Waals surface area (Å²) >= 11 is 0. The smallest absolute Gasteiger partial charge is 0.224 e. The second kappa shape index (κ2) is 6.23. The summed E-state index contributed by atoms with van der Waals surface area (Å²) < 4.78 is 0. The molecule has 19 heavy (non-hydrogen) atoms. The molecule has 3 fully saturated rings. The Kier molecular flexibility index (Phi) is 4.38. The first-order valence-corrected chi connectivity index (χ1v) is 8.08. The Morgan fingerprint density at radius 1 is 1.16 bits per heavy atom. The van der Waals surface area contributed by atoms with Gasteiger partial charge in [0.25, 0.3) is 0 Å². The summed E-state index contributed by atoms with van der Waals surface area (Å²) in [5.41, 5.74) is 0. The molecule has 1 amide bonds. The molecule has 1 N–H and O–H groups in total. The maximum Gasteiger partial charge on any atom is 0.224 e. The molecule has 2 heterocycles. The number of amides is 1. The summed E-state index contributed by atoms with van der Waals surface area (Å²) in [4.78, 5) is 17.1. The van der Waals surface area contributed by atoms with E-state index < -0.39 is 0 Å². The fourth-order valence-corrected chi connectivity index (χ4v) is 3.39. The van der Waals surface area contributed by atoms with Gasteiger partial charge in [0.05, 0.1) is 0 Å². The summed E-state index contributed by atoms with van der Waals surface area (Å²) in [6.07, 6.45) is 8.31.